The van der Waals surface area contributed by atoms with E-state index in [1.807, 2.05) is 24.3 Å². The number of phenolic OH excluding ortho intramolecular Hbond substituents is 1. The monoisotopic (exact) mass is 373 g/mol. The Bertz CT molecular complexity index is 984. The molecule has 9 heteroatoms. The number of hydrogen-bond acceptors (Lipinski definition) is 8. The highest BCUT2D eigenvalue weighted by Crippen LogP contribution is 2.31. The lowest BCUT2D eigenvalue weighted by molar-refractivity contribution is 0.477. The SMILES string of the molecule is [B]c1nccc(N2CCCN(c3cc(-c4ccccc4O)nnc3N)CC2)n1. The number of phenols is 1. The van der Waals surface area contributed by atoms with Gasteiger partial charge < -0.3 is 20.6 Å². The fraction of sp³-hybridized carbons (Fsp3) is 0.263. The van der Waals surface area contributed by atoms with Crippen molar-refractivity contribution in [2.75, 3.05) is 41.7 Å². The third-order valence-corrected chi connectivity index (χ3v) is 4.80. The molecule has 0 atom stereocenters. The average Bonchev–Trinajstić information content (AvgIpc) is 2.95. The number of aromatic nitrogens is 4. The van der Waals surface area contributed by atoms with Crippen LogP contribution in [0.25, 0.3) is 11.3 Å². The number of rotatable bonds is 3. The van der Waals surface area contributed by atoms with Crippen molar-refractivity contribution in [3.05, 3.63) is 42.6 Å². The maximum absolute atomic E-state index is 10.1. The van der Waals surface area contributed by atoms with Gasteiger partial charge in [0.05, 0.1) is 17.1 Å². The number of aromatic hydroxyl groups is 1. The predicted molar refractivity (Wildman–Crippen MR) is 110 cm³/mol. The van der Waals surface area contributed by atoms with Crippen molar-refractivity contribution in [3.8, 4) is 17.0 Å². The highest BCUT2D eigenvalue weighted by atomic mass is 16.3. The Morgan fingerprint density at radius 1 is 1.00 bits per heavy atom. The van der Waals surface area contributed by atoms with E-state index in [0.717, 1.165) is 44.1 Å². The zero-order valence-electron chi connectivity index (χ0n) is 15.4. The Morgan fingerprint density at radius 2 is 1.79 bits per heavy atom. The molecule has 0 unspecified atom stereocenters. The molecule has 8 nitrogen and oxygen atoms in total. The maximum Gasteiger partial charge on any atom is 0.170 e. The quantitative estimate of drug-likeness (QED) is 0.648. The summed E-state index contributed by atoms with van der Waals surface area (Å²) in [7, 11) is 5.72. The molecule has 3 heterocycles. The molecule has 28 heavy (non-hydrogen) atoms. The summed E-state index contributed by atoms with van der Waals surface area (Å²) in [4.78, 5) is 12.7. The van der Waals surface area contributed by atoms with Crippen molar-refractivity contribution >= 4 is 30.9 Å². The van der Waals surface area contributed by atoms with E-state index in [1.54, 1.807) is 18.3 Å². The minimum Gasteiger partial charge on any atom is -0.507 e. The molecule has 1 aromatic carbocycles. The van der Waals surface area contributed by atoms with Gasteiger partial charge in [0, 0.05) is 37.9 Å². The maximum atomic E-state index is 10.1. The first-order chi connectivity index (χ1) is 13.6. The van der Waals surface area contributed by atoms with Gasteiger partial charge in [0.1, 0.15) is 11.6 Å². The van der Waals surface area contributed by atoms with Gasteiger partial charge in [0.15, 0.2) is 13.7 Å². The number of para-hydroxylation sites is 1. The van der Waals surface area contributed by atoms with E-state index in [-0.39, 0.29) is 11.5 Å². The van der Waals surface area contributed by atoms with Crippen LogP contribution in [0, 0.1) is 0 Å². The van der Waals surface area contributed by atoms with Gasteiger partial charge >= 0.3 is 0 Å². The molecule has 140 valence electrons. The van der Waals surface area contributed by atoms with Crippen molar-refractivity contribution in [3.63, 3.8) is 0 Å². The van der Waals surface area contributed by atoms with Crippen LogP contribution in [0.4, 0.5) is 17.3 Å². The number of nitrogens with two attached hydrogens (primary N) is 1. The van der Waals surface area contributed by atoms with Crippen LogP contribution in [-0.2, 0) is 0 Å². The van der Waals surface area contributed by atoms with Gasteiger partial charge in [-0.25, -0.2) is 4.98 Å². The summed E-state index contributed by atoms with van der Waals surface area (Å²) in [5.74, 6) is 1.36. The third-order valence-electron chi connectivity index (χ3n) is 4.80. The van der Waals surface area contributed by atoms with E-state index in [1.165, 1.54) is 0 Å². The summed E-state index contributed by atoms with van der Waals surface area (Å²) in [6.45, 7) is 3.20. The van der Waals surface area contributed by atoms with Gasteiger partial charge in [-0.15, -0.1) is 10.2 Å². The van der Waals surface area contributed by atoms with E-state index < -0.39 is 0 Å². The van der Waals surface area contributed by atoms with Crippen LogP contribution in [0.5, 0.6) is 5.75 Å². The first kappa shape index (κ1) is 18.0. The van der Waals surface area contributed by atoms with Crippen molar-refractivity contribution in [1.82, 2.24) is 20.2 Å². The van der Waals surface area contributed by atoms with Crippen LogP contribution in [0.15, 0.2) is 42.6 Å². The molecule has 0 aliphatic carbocycles. The number of benzene rings is 1. The highest BCUT2D eigenvalue weighted by Gasteiger charge is 2.20. The van der Waals surface area contributed by atoms with Crippen molar-refractivity contribution < 1.29 is 5.11 Å². The molecule has 4 rings (SSSR count). The normalized spacial score (nSPS) is 14.7. The van der Waals surface area contributed by atoms with Gasteiger partial charge in [-0.3, -0.25) is 4.98 Å². The van der Waals surface area contributed by atoms with Crippen LogP contribution in [-0.4, -0.2) is 59.3 Å². The Kier molecular flexibility index (Phi) is 4.97. The van der Waals surface area contributed by atoms with Gasteiger partial charge in [0.25, 0.3) is 0 Å². The number of anilines is 3. The minimum atomic E-state index is 0.163. The number of nitrogens with zero attached hydrogens (tertiary/aromatic N) is 6. The summed E-state index contributed by atoms with van der Waals surface area (Å²) in [6, 6.07) is 10.8. The fourth-order valence-corrected chi connectivity index (χ4v) is 3.39. The minimum absolute atomic E-state index is 0.163. The number of nitrogen functional groups attached to an aromatic ring is 1. The molecule has 0 bridgehead atoms. The van der Waals surface area contributed by atoms with Gasteiger partial charge in [-0.2, -0.15) is 0 Å². The molecule has 3 aromatic rings. The summed E-state index contributed by atoms with van der Waals surface area (Å²) in [6.07, 6.45) is 2.60. The zero-order valence-corrected chi connectivity index (χ0v) is 15.4. The molecule has 1 fully saturated rings. The predicted octanol–water partition coefficient (Wildman–Crippen LogP) is 0.732. The van der Waals surface area contributed by atoms with Gasteiger partial charge in [0.2, 0.25) is 0 Å². The standard InChI is InChI=1S/C19H20BN7O/c20-19-22-7-6-17(23-19)27-9-3-8-26(10-11-27)15-12-14(24-25-18(15)21)13-4-1-2-5-16(13)28/h1-2,4-7,12,28H,3,8-11H2,(H2,21,25). The second kappa shape index (κ2) is 7.71. The molecule has 1 aliphatic rings. The highest BCUT2D eigenvalue weighted by molar-refractivity contribution is 6.29. The lowest BCUT2D eigenvalue weighted by Crippen LogP contribution is -2.32. The smallest absolute Gasteiger partial charge is 0.170 e. The van der Waals surface area contributed by atoms with Gasteiger partial charge in [-0.1, -0.05) is 12.1 Å². The molecule has 0 saturated carbocycles. The van der Waals surface area contributed by atoms with Crippen molar-refractivity contribution in [2.24, 2.45) is 0 Å². The third kappa shape index (κ3) is 3.69. The molecule has 1 aliphatic heterocycles. The molecule has 3 N–H and O–H groups in total. The summed E-state index contributed by atoms with van der Waals surface area (Å²) in [5.41, 5.74) is 8.43. The summed E-state index contributed by atoms with van der Waals surface area (Å²) >= 11 is 0. The Morgan fingerprint density at radius 3 is 2.61 bits per heavy atom. The molecule has 2 aromatic heterocycles. The lowest BCUT2D eigenvalue weighted by atomic mass is 10.1. The van der Waals surface area contributed by atoms with E-state index in [2.05, 4.69) is 30.0 Å². The first-order valence-corrected chi connectivity index (χ1v) is 9.12. The van der Waals surface area contributed by atoms with Crippen LogP contribution < -0.4 is 21.3 Å². The fourth-order valence-electron chi connectivity index (χ4n) is 3.39. The van der Waals surface area contributed by atoms with E-state index in [4.69, 9.17) is 13.6 Å². The average molecular weight is 373 g/mol. The van der Waals surface area contributed by atoms with Crippen LogP contribution in [0.1, 0.15) is 6.42 Å². The second-order valence-corrected chi connectivity index (χ2v) is 6.62. The lowest BCUT2D eigenvalue weighted by Gasteiger charge is -2.25. The molecule has 1 saturated heterocycles. The van der Waals surface area contributed by atoms with E-state index in [9.17, 15) is 5.11 Å². The molecule has 0 amide bonds. The molecule has 0 spiro atoms. The second-order valence-electron chi connectivity index (χ2n) is 6.62. The Labute approximate surface area is 164 Å². The van der Waals surface area contributed by atoms with E-state index in [0.29, 0.717) is 17.1 Å². The van der Waals surface area contributed by atoms with E-state index >= 15 is 0 Å². The zero-order chi connectivity index (χ0) is 19.5. The van der Waals surface area contributed by atoms with Crippen molar-refractivity contribution in [1.29, 1.82) is 0 Å². The van der Waals surface area contributed by atoms with Crippen LogP contribution in [0.2, 0.25) is 0 Å². The summed E-state index contributed by atoms with van der Waals surface area (Å²) in [5, 5.41) is 18.4. The van der Waals surface area contributed by atoms with Crippen LogP contribution in [0.3, 0.4) is 0 Å². The molecular formula is C19H20BN7O. The largest absolute Gasteiger partial charge is 0.507 e. The molecule has 2 radical (unpaired) electrons. The Hall–Kier alpha value is -3.36. The van der Waals surface area contributed by atoms with Crippen molar-refractivity contribution in [2.45, 2.75) is 6.42 Å². The summed E-state index contributed by atoms with van der Waals surface area (Å²) < 4.78 is 0. The number of hydrogen-bond donors (Lipinski definition) is 2. The Balaban J connectivity index is 1.58. The van der Waals surface area contributed by atoms with Crippen LogP contribution >= 0.6 is 0 Å². The first-order valence-electron chi connectivity index (χ1n) is 9.12. The molecular weight excluding hydrogens is 353 g/mol. The topological polar surface area (TPSA) is 104 Å². The van der Waals surface area contributed by atoms with Gasteiger partial charge in [-0.05, 0) is 30.7 Å².